The number of rotatable bonds is 10. The number of hydrogen-bond donors (Lipinski definition) is 5. The molecule has 1 atom stereocenters. The molecule has 2 rings (SSSR count). The summed E-state index contributed by atoms with van der Waals surface area (Å²) < 4.78 is 5.41. The number of carbonyl (C=O) groups is 2. The van der Waals surface area contributed by atoms with E-state index in [-0.39, 0.29) is 36.4 Å². The van der Waals surface area contributed by atoms with Crippen molar-refractivity contribution in [3.05, 3.63) is 35.8 Å². The second-order valence-electron chi connectivity index (χ2n) is 6.99. The molecule has 5 N–H and O–H groups in total. The summed E-state index contributed by atoms with van der Waals surface area (Å²) in [5.74, 6) is -1.88. The summed E-state index contributed by atoms with van der Waals surface area (Å²) >= 11 is 0. The molecule has 0 aromatic carbocycles. The molecule has 0 saturated carbocycles. The van der Waals surface area contributed by atoms with Gasteiger partial charge in [-0.3, -0.25) is 4.79 Å². The first-order chi connectivity index (χ1) is 13.3. The first kappa shape index (κ1) is 22.0. The van der Waals surface area contributed by atoms with Crippen molar-refractivity contribution in [3.8, 4) is 0 Å². The predicted octanol–water partition coefficient (Wildman–Crippen LogP) is 0.185. The molecule has 0 radical (unpaired) electrons. The van der Waals surface area contributed by atoms with Gasteiger partial charge in [-0.25, -0.2) is 4.79 Å². The number of amides is 1. The number of nitrogens with one attached hydrogen (secondary N) is 1. The Morgan fingerprint density at radius 3 is 2.54 bits per heavy atom. The minimum absolute atomic E-state index is 0.0402. The Morgan fingerprint density at radius 1 is 1.29 bits per heavy atom. The minimum Gasteiger partial charge on any atom is -0.507 e. The van der Waals surface area contributed by atoms with Crippen molar-refractivity contribution >= 4 is 19.0 Å². The average Bonchev–Trinajstić information content (AvgIpc) is 3.09. The summed E-state index contributed by atoms with van der Waals surface area (Å²) in [5.41, 5.74) is -0.290. The number of carboxylic acid groups (broad SMARTS) is 1. The van der Waals surface area contributed by atoms with Gasteiger partial charge >= 0.3 is 13.1 Å². The first-order valence-corrected chi connectivity index (χ1v) is 9.33. The lowest BCUT2D eigenvalue weighted by Crippen LogP contribution is -2.55. The van der Waals surface area contributed by atoms with Gasteiger partial charge in [0.15, 0.2) is 0 Å². The molecule has 2 heterocycles. The van der Waals surface area contributed by atoms with Crippen molar-refractivity contribution in [2.24, 2.45) is 0 Å². The second kappa shape index (κ2) is 10.3. The van der Waals surface area contributed by atoms with Crippen LogP contribution in [-0.4, -0.2) is 75.9 Å². The molecule has 0 aromatic rings. The molecule has 1 amide bonds. The highest BCUT2D eigenvalue weighted by Crippen LogP contribution is 2.21. The third-order valence-electron chi connectivity index (χ3n) is 4.87. The highest BCUT2D eigenvalue weighted by molar-refractivity contribution is 6.41. The third-order valence-corrected chi connectivity index (χ3v) is 4.87. The molecule has 9 nitrogen and oxygen atoms in total. The van der Waals surface area contributed by atoms with Gasteiger partial charge in [0.25, 0.3) is 0 Å². The molecular weight excluding hydrogens is 367 g/mol. The molecule has 2 aliphatic heterocycles. The van der Waals surface area contributed by atoms with E-state index in [1.165, 1.54) is 6.08 Å². The predicted molar refractivity (Wildman–Crippen MR) is 102 cm³/mol. The number of aliphatic hydroxyl groups is 1. The van der Waals surface area contributed by atoms with Crippen molar-refractivity contribution in [1.29, 1.82) is 0 Å². The van der Waals surface area contributed by atoms with Crippen LogP contribution in [0.3, 0.4) is 0 Å². The van der Waals surface area contributed by atoms with Crippen LogP contribution in [0.2, 0.25) is 6.32 Å². The summed E-state index contributed by atoms with van der Waals surface area (Å²) in [6.07, 6.45) is 4.37. The SMILES string of the molecule is C=C/C(CCB(O)O)=C(O)\C(=C\OC1CN(C(=O)CC2CCCN2)C1)C(=O)O. The van der Waals surface area contributed by atoms with E-state index in [4.69, 9.17) is 14.8 Å². The number of carboxylic acids is 1. The molecule has 0 aromatic heterocycles. The van der Waals surface area contributed by atoms with Gasteiger partial charge in [-0.1, -0.05) is 12.7 Å². The number of aliphatic carboxylic acids is 1. The zero-order valence-corrected chi connectivity index (χ0v) is 15.7. The number of allylic oxidation sites excluding steroid dienone is 2. The summed E-state index contributed by atoms with van der Waals surface area (Å²) in [5, 5.41) is 40.6. The molecule has 0 spiro atoms. The lowest BCUT2D eigenvalue weighted by Gasteiger charge is -2.38. The van der Waals surface area contributed by atoms with Gasteiger partial charge in [0.05, 0.1) is 13.1 Å². The first-order valence-electron chi connectivity index (χ1n) is 9.33. The normalized spacial score (nSPS) is 21.0. The van der Waals surface area contributed by atoms with E-state index in [0.717, 1.165) is 25.6 Å². The van der Waals surface area contributed by atoms with Crippen molar-refractivity contribution in [1.82, 2.24) is 10.2 Å². The van der Waals surface area contributed by atoms with Gasteiger partial charge in [0.1, 0.15) is 23.7 Å². The molecule has 28 heavy (non-hydrogen) atoms. The lowest BCUT2D eigenvalue weighted by molar-refractivity contribution is -0.142. The minimum atomic E-state index is -1.57. The van der Waals surface area contributed by atoms with Crippen molar-refractivity contribution in [2.45, 2.75) is 44.1 Å². The summed E-state index contributed by atoms with van der Waals surface area (Å²) in [6, 6.07) is 0.225. The Kier molecular flexibility index (Phi) is 8.10. The Balaban J connectivity index is 1.90. The fourth-order valence-electron chi connectivity index (χ4n) is 3.15. The molecular formula is C18H27BN2O7. The van der Waals surface area contributed by atoms with E-state index in [2.05, 4.69) is 11.9 Å². The summed E-state index contributed by atoms with van der Waals surface area (Å²) in [7, 11) is -1.57. The Bertz CT molecular complexity index is 650. The molecule has 1 unspecified atom stereocenters. The van der Waals surface area contributed by atoms with Gasteiger partial charge in [-0.15, -0.1) is 0 Å². The highest BCUT2D eigenvalue weighted by Gasteiger charge is 2.33. The summed E-state index contributed by atoms with van der Waals surface area (Å²) in [6.45, 7) is 5.17. The lowest BCUT2D eigenvalue weighted by atomic mass is 9.82. The Labute approximate surface area is 164 Å². The fraction of sp³-hybridized carbons (Fsp3) is 0.556. The van der Waals surface area contributed by atoms with Gasteiger partial charge in [0, 0.05) is 12.5 Å². The quantitative estimate of drug-likeness (QED) is 0.153. The molecule has 0 bridgehead atoms. The average molecular weight is 394 g/mol. The zero-order valence-electron chi connectivity index (χ0n) is 15.7. The molecule has 2 aliphatic rings. The monoisotopic (exact) mass is 394 g/mol. The molecule has 154 valence electrons. The fourth-order valence-corrected chi connectivity index (χ4v) is 3.15. The van der Waals surface area contributed by atoms with E-state index in [1.807, 2.05) is 0 Å². The number of hydrogen-bond acceptors (Lipinski definition) is 7. The maximum Gasteiger partial charge on any atom is 0.451 e. The van der Waals surface area contributed by atoms with Crippen LogP contribution in [-0.2, 0) is 14.3 Å². The topological polar surface area (TPSA) is 140 Å². The zero-order chi connectivity index (χ0) is 20.7. The van der Waals surface area contributed by atoms with Gasteiger partial charge < -0.3 is 35.2 Å². The van der Waals surface area contributed by atoms with E-state index >= 15 is 0 Å². The van der Waals surface area contributed by atoms with E-state index in [1.54, 1.807) is 4.90 Å². The maximum atomic E-state index is 12.2. The molecule has 0 aliphatic carbocycles. The summed E-state index contributed by atoms with van der Waals surface area (Å²) in [4.78, 5) is 25.3. The number of carbonyl (C=O) groups excluding carboxylic acids is 1. The van der Waals surface area contributed by atoms with Gasteiger partial charge in [0.2, 0.25) is 5.91 Å². The Morgan fingerprint density at radius 2 is 2.00 bits per heavy atom. The highest BCUT2D eigenvalue weighted by atomic mass is 16.5. The van der Waals surface area contributed by atoms with Crippen LogP contribution in [0, 0.1) is 0 Å². The van der Waals surface area contributed by atoms with Gasteiger partial charge in [-0.05, 0) is 37.7 Å². The van der Waals surface area contributed by atoms with Crippen LogP contribution in [0.25, 0.3) is 0 Å². The molecule has 2 saturated heterocycles. The molecule has 2 fully saturated rings. The number of likely N-dealkylation sites (tertiary alicyclic amines) is 1. The maximum absolute atomic E-state index is 12.2. The van der Waals surface area contributed by atoms with Crippen molar-refractivity contribution in [3.63, 3.8) is 0 Å². The largest absolute Gasteiger partial charge is 0.507 e. The smallest absolute Gasteiger partial charge is 0.451 e. The van der Waals surface area contributed by atoms with E-state index in [9.17, 15) is 19.8 Å². The van der Waals surface area contributed by atoms with Crippen LogP contribution in [0.4, 0.5) is 0 Å². The number of aliphatic hydroxyl groups excluding tert-OH is 1. The van der Waals surface area contributed by atoms with Crippen LogP contribution >= 0.6 is 0 Å². The van der Waals surface area contributed by atoms with Crippen LogP contribution in [0.15, 0.2) is 35.8 Å². The van der Waals surface area contributed by atoms with Crippen molar-refractivity contribution in [2.75, 3.05) is 19.6 Å². The van der Waals surface area contributed by atoms with Crippen LogP contribution in [0.1, 0.15) is 25.7 Å². The third kappa shape index (κ3) is 6.11. The van der Waals surface area contributed by atoms with Crippen molar-refractivity contribution < 1.29 is 34.6 Å². The van der Waals surface area contributed by atoms with E-state index < -0.39 is 24.4 Å². The number of ether oxygens (including phenoxy) is 1. The Hall–Kier alpha value is -2.30. The standard InChI is InChI=1S/C18H27BN2O7/c1-2-12(5-6-19(26)27)17(23)15(18(24)25)11-28-14-9-21(10-14)16(22)8-13-4-3-7-20-13/h2,11,13-14,20,23,26-27H,1,3-10H2,(H,24,25)/b15-11-,17-12-. The number of nitrogens with zero attached hydrogens (tertiary/aromatic N) is 1. The molecule has 10 heteroatoms. The van der Waals surface area contributed by atoms with E-state index in [0.29, 0.717) is 19.5 Å². The van der Waals surface area contributed by atoms with Crippen LogP contribution in [0.5, 0.6) is 0 Å². The van der Waals surface area contributed by atoms with Gasteiger partial charge in [-0.2, -0.15) is 0 Å². The van der Waals surface area contributed by atoms with Crippen LogP contribution < -0.4 is 5.32 Å². The second-order valence-corrected chi connectivity index (χ2v) is 6.99.